The molecule has 0 saturated carbocycles. The lowest BCUT2D eigenvalue weighted by Crippen LogP contribution is -2.22. The number of aromatic nitrogens is 2. The molecule has 0 amide bonds. The predicted molar refractivity (Wildman–Crippen MR) is 99.0 cm³/mol. The molecule has 1 heterocycles. The number of hydrogen-bond donors (Lipinski definition) is 3. The minimum atomic E-state index is -1.26. The average Bonchev–Trinajstić information content (AvgIpc) is 2.90. The van der Waals surface area contributed by atoms with Crippen molar-refractivity contribution in [3.63, 3.8) is 0 Å². The summed E-state index contributed by atoms with van der Waals surface area (Å²) in [6.45, 7) is 4.92. The van der Waals surface area contributed by atoms with Gasteiger partial charge >= 0.3 is 11.9 Å². The summed E-state index contributed by atoms with van der Waals surface area (Å²) < 4.78 is 2.04. The summed E-state index contributed by atoms with van der Waals surface area (Å²) in [5.41, 5.74) is 8.23. The Bertz CT molecular complexity index is 753. The van der Waals surface area contributed by atoms with Crippen LogP contribution in [0.15, 0.2) is 35.2 Å². The van der Waals surface area contributed by atoms with Gasteiger partial charge in [-0.2, -0.15) is 5.10 Å². The van der Waals surface area contributed by atoms with Crippen LogP contribution in [-0.4, -0.2) is 44.2 Å². The minimum Gasteiger partial charge on any atom is -0.478 e. The normalized spacial score (nSPS) is 12.0. The molecule has 7 nitrogen and oxygen atoms in total. The van der Waals surface area contributed by atoms with Crippen LogP contribution < -0.4 is 5.73 Å². The Morgan fingerprint density at radius 3 is 2.36 bits per heavy atom. The van der Waals surface area contributed by atoms with Gasteiger partial charge in [0.15, 0.2) is 0 Å². The maximum Gasteiger partial charge on any atom is 0.328 e. The van der Waals surface area contributed by atoms with Gasteiger partial charge in [-0.1, -0.05) is 6.92 Å². The van der Waals surface area contributed by atoms with E-state index >= 15 is 0 Å². The van der Waals surface area contributed by atoms with Crippen molar-refractivity contribution in [2.45, 2.75) is 37.8 Å². The zero-order valence-corrected chi connectivity index (χ0v) is 15.3. The van der Waals surface area contributed by atoms with E-state index in [1.54, 1.807) is 11.8 Å². The molecule has 4 N–H and O–H groups in total. The summed E-state index contributed by atoms with van der Waals surface area (Å²) in [5, 5.41) is 21.5. The maximum absolute atomic E-state index is 9.55. The molecule has 1 aromatic carbocycles. The molecule has 0 aliphatic carbocycles. The molecule has 1 aromatic heterocycles. The van der Waals surface area contributed by atoms with E-state index in [1.807, 2.05) is 11.6 Å². The van der Waals surface area contributed by atoms with Crippen LogP contribution in [0.5, 0.6) is 0 Å². The molecule has 1 atom stereocenters. The maximum atomic E-state index is 9.55. The Balaban J connectivity index is 0.000000333. The molecule has 0 radical (unpaired) electrons. The third-order valence-corrected chi connectivity index (χ3v) is 3.92. The van der Waals surface area contributed by atoms with E-state index in [9.17, 15) is 9.59 Å². The molecule has 0 aliphatic heterocycles. The van der Waals surface area contributed by atoms with Crippen LogP contribution in [-0.2, 0) is 22.6 Å². The molecule has 2 aromatic rings. The molecule has 0 saturated heterocycles. The molecule has 0 aliphatic rings. The van der Waals surface area contributed by atoms with Gasteiger partial charge in [-0.25, -0.2) is 9.59 Å². The molecule has 25 heavy (non-hydrogen) atoms. The third kappa shape index (κ3) is 6.60. The molecule has 0 fully saturated rings. The zero-order chi connectivity index (χ0) is 19.0. The molecule has 0 bridgehead atoms. The number of fused-ring (bicyclic) bond motifs is 1. The third-order valence-electron chi connectivity index (χ3n) is 3.20. The second kappa shape index (κ2) is 9.85. The van der Waals surface area contributed by atoms with E-state index in [0.29, 0.717) is 12.2 Å². The zero-order valence-electron chi connectivity index (χ0n) is 14.5. The number of carbonyl (C=O) groups is 2. The van der Waals surface area contributed by atoms with Gasteiger partial charge in [0.1, 0.15) is 0 Å². The van der Waals surface area contributed by atoms with Gasteiger partial charge in [0.05, 0.1) is 17.8 Å². The van der Waals surface area contributed by atoms with Gasteiger partial charge in [0, 0.05) is 28.5 Å². The van der Waals surface area contributed by atoms with Crippen LogP contribution in [0, 0.1) is 0 Å². The lowest BCUT2D eigenvalue weighted by atomic mass is 10.2. The largest absolute Gasteiger partial charge is 0.478 e. The summed E-state index contributed by atoms with van der Waals surface area (Å²) in [5.74, 6) is -2.51. The van der Waals surface area contributed by atoms with E-state index in [-0.39, 0.29) is 6.04 Å². The minimum absolute atomic E-state index is 0.126. The van der Waals surface area contributed by atoms with Crippen molar-refractivity contribution in [2.24, 2.45) is 5.73 Å². The van der Waals surface area contributed by atoms with Crippen molar-refractivity contribution in [1.82, 2.24) is 9.78 Å². The monoisotopic (exact) mass is 365 g/mol. The first-order valence-corrected chi connectivity index (χ1v) is 8.93. The number of benzene rings is 1. The lowest BCUT2D eigenvalue weighted by Gasteiger charge is -2.07. The standard InChI is InChI=1S/C13H19N3S.C4H4O4/c1-4-12-11-6-5-10(17-3)7-13(11)16(15-12)8-9(2)14;5-3(6)1-2-4(7)8/h5-7,9H,4,8,14H2,1-3H3;1-2H,(H,5,6)(H,7,8)/t9-;/m0./s1. The van der Waals surface area contributed by atoms with E-state index in [0.717, 1.165) is 18.7 Å². The first-order valence-electron chi connectivity index (χ1n) is 7.71. The van der Waals surface area contributed by atoms with Gasteiger partial charge in [-0.3, -0.25) is 4.68 Å². The van der Waals surface area contributed by atoms with Gasteiger partial charge < -0.3 is 15.9 Å². The molecule has 8 heteroatoms. The van der Waals surface area contributed by atoms with E-state index < -0.39 is 11.9 Å². The first kappa shape index (κ1) is 20.7. The van der Waals surface area contributed by atoms with Gasteiger partial charge in [0.2, 0.25) is 0 Å². The highest BCUT2D eigenvalue weighted by molar-refractivity contribution is 7.98. The number of rotatable bonds is 6. The number of aryl methyl sites for hydroxylation is 1. The Morgan fingerprint density at radius 2 is 1.92 bits per heavy atom. The van der Waals surface area contributed by atoms with Crippen molar-refractivity contribution >= 4 is 34.6 Å². The summed E-state index contributed by atoms with van der Waals surface area (Å²) >= 11 is 1.76. The lowest BCUT2D eigenvalue weighted by molar-refractivity contribution is -0.134. The SMILES string of the molecule is CCc1nn(C[C@H](C)N)c2cc(SC)ccc12.O=C(O)C=CC(=O)O. The summed E-state index contributed by atoms with van der Waals surface area (Å²) in [6, 6.07) is 6.66. The second-order valence-electron chi connectivity index (χ2n) is 5.35. The molecular weight excluding hydrogens is 342 g/mol. The van der Waals surface area contributed by atoms with Crippen LogP contribution in [0.25, 0.3) is 10.9 Å². The van der Waals surface area contributed by atoms with Gasteiger partial charge in [0.25, 0.3) is 0 Å². The molecule has 136 valence electrons. The van der Waals surface area contributed by atoms with Crippen LogP contribution in [0.4, 0.5) is 0 Å². The molecule has 0 spiro atoms. The summed E-state index contributed by atoms with van der Waals surface area (Å²) in [6.07, 6.45) is 4.17. The number of hydrogen-bond acceptors (Lipinski definition) is 5. The average molecular weight is 365 g/mol. The van der Waals surface area contributed by atoms with Crippen molar-refractivity contribution in [1.29, 1.82) is 0 Å². The van der Waals surface area contributed by atoms with Crippen LogP contribution in [0.1, 0.15) is 19.5 Å². The Hall–Kier alpha value is -2.32. The number of carboxylic acid groups (broad SMARTS) is 2. The highest BCUT2D eigenvalue weighted by atomic mass is 32.2. The van der Waals surface area contributed by atoms with Crippen molar-refractivity contribution in [3.05, 3.63) is 36.0 Å². The first-order chi connectivity index (χ1) is 11.8. The fourth-order valence-electron chi connectivity index (χ4n) is 2.17. The molecule has 0 unspecified atom stereocenters. The fourth-order valence-corrected chi connectivity index (χ4v) is 2.60. The highest BCUT2D eigenvalue weighted by Crippen LogP contribution is 2.25. The predicted octanol–water partition coefficient (Wildman–Crippen LogP) is 2.38. The molecule has 2 rings (SSSR count). The topological polar surface area (TPSA) is 118 Å². The van der Waals surface area contributed by atoms with E-state index in [1.165, 1.54) is 15.8 Å². The highest BCUT2D eigenvalue weighted by Gasteiger charge is 2.10. The van der Waals surface area contributed by atoms with Gasteiger partial charge in [-0.15, -0.1) is 11.8 Å². The summed E-state index contributed by atoms with van der Waals surface area (Å²) in [7, 11) is 0. The number of carboxylic acids is 2. The Labute approximate surface area is 150 Å². The number of aliphatic carboxylic acids is 2. The second-order valence-corrected chi connectivity index (χ2v) is 6.23. The Morgan fingerprint density at radius 1 is 1.32 bits per heavy atom. The van der Waals surface area contributed by atoms with Crippen molar-refractivity contribution < 1.29 is 19.8 Å². The van der Waals surface area contributed by atoms with Crippen LogP contribution >= 0.6 is 11.8 Å². The van der Waals surface area contributed by atoms with Crippen molar-refractivity contribution in [2.75, 3.05) is 6.26 Å². The number of thioether (sulfide) groups is 1. The van der Waals surface area contributed by atoms with E-state index in [4.69, 9.17) is 15.9 Å². The van der Waals surface area contributed by atoms with Crippen LogP contribution in [0.2, 0.25) is 0 Å². The van der Waals surface area contributed by atoms with Crippen LogP contribution in [0.3, 0.4) is 0 Å². The van der Waals surface area contributed by atoms with Crippen molar-refractivity contribution in [3.8, 4) is 0 Å². The van der Waals surface area contributed by atoms with Gasteiger partial charge in [-0.05, 0) is 37.8 Å². The van der Waals surface area contributed by atoms with E-state index in [2.05, 4.69) is 36.5 Å². The molecular formula is C17H23N3O4S. The fraction of sp³-hybridized carbons (Fsp3) is 0.353. The number of nitrogens with zero attached hydrogens (tertiary/aromatic N) is 2. The summed E-state index contributed by atoms with van der Waals surface area (Å²) in [4.78, 5) is 20.4. The number of nitrogens with two attached hydrogens (primary N) is 1. The Kier molecular flexibility index (Phi) is 8.17. The quantitative estimate of drug-likeness (QED) is 0.531. The smallest absolute Gasteiger partial charge is 0.328 e.